The number of hydrogen-bond acceptors (Lipinski definition) is 6. The summed E-state index contributed by atoms with van der Waals surface area (Å²) in [5.41, 5.74) is 8.71. The maximum atomic E-state index is 13.0. The summed E-state index contributed by atoms with van der Waals surface area (Å²) in [6, 6.07) is 18.7. The lowest BCUT2D eigenvalue weighted by molar-refractivity contribution is -0.116. The number of aromatic nitrogens is 4. The number of amides is 1. The zero-order valence-electron chi connectivity index (χ0n) is 26.3. The van der Waals surface area contributed by atoms with Gasteiger partial charge in [-0.05, 0) is 88.2 Å². The first-order chi connectivity index (χ1) is 21.3. The minimum Gasteiger partial charge on any atom is -0.335 e. The Labute approximate surface area is 259 Å². The fraction of sp³-hybridized carbons (Fsp3) is 0.471. The molecule has 0 saturated carbocycles. The van der Waals surface area contributed by atoms with Gasteiger partial charge in [-0.1, -0.05) is 56.3 Å². The molecule has 44 heavy (non-hydrogen) atoms. The van der Waals surface area contributed by atoms with Crippen LogP contribution in [0.3, 0.4) is 0 Å². The molecule has 0 aliphatic heterocycles. The molecule has 2 heterocycles. The molecule has 0 fully saturated rings. The molecule has 5 N–H and O–H groups in total. The molecule has 0 radical (unpaired) electrons. The first-order valence-electron chi connectivity index (χ1n) is 16.0. The van der Waals surface area contributed by atoms with Crippen LogP contribution in [0.2, 0.25) is 0 Å². The van der Waals surface area contributed by atoms with Gasteiger partial charge in [0.15, 0.2) is 5.65 Å². The molecule has 2 aromatic heterocycles. The van der Waals surface area contributed by atoms with Gasteiger partial charge in [-0.15, -0.1) is 0 Å². The van der Waals surface area contributed by atoms with Crippen molar-refractivity contribution in [1.29, 1.82) is 0 Å². The Bertz CT molecular complexity index is 1590. The number of H-pyrrole nitrogens is 2. The molecular weight excluding hydrogens is 554 g/mol. The highest BCUT2D eigenvalue weighted by atomic mass is 16.2. The molecule has 0 saturated heterocycles. The van der Waals surface area contributed by atoms with Gasteiger partial charge in [0.25, 0.3) is 5.56 Å². The summed E-state index contributed by atoms with van der Waals surface area (Å²) in [6.07, 6.45) is 6.58. The van der Waals surface area contributed by atoms with E-state index in [1.807, 2.05) is 25.1 Å². The van der Waals surface area contributed by atoms with Gasteiger partial charge in [0.2, 0.25) is 5.91 Å². The molecule has 4 aromatic rings. The molecule has 10 heteroatoms. The van der Waals surface area contributed by atoms with E-state index in [-0.39, 0.29) is 23.6 Å². The van der Waals surface area contributed by atoms with Crippen LogP contribution >= 0.6 is 0 Å². The Morgan fingerprint density at radius 3 is 2.43 bits per heavy atom. The van der Waals surface area contributed by atoms with E-state index in [4.69, 9.17) is 5.73 Å². The Kier molecular flexibility index (Phi) is 12.1. The monoisotopic (exact) mass is 601 g/mol. The average molecular weight is 602 g/mol. The molecule has 0 aliphatic rings. The van der Waals surface area contributed by atoms with E-state index >= 15 is 0 Å². The number of anilines is 1. The number of aromatic amines is 2. The van der Waals surface area contributed by atoms with Crippen LogP contribution < -0.4 is 22.3 Å². The number of fused-ring (bicyclic) bond motifs is 1. The SMILES string of the molecule is CCCn1c(=O)[nH]c2nc(C(C)N(CC)C(CCCc3ccc(NC(=O)CCCCN)cc3)Cc3ccccc3)[nH]c2c1=O. The first-order valence-corrected chi connectivity index (χ1v) is 16.0. The fourth-order valence-electron chi connectivity index (χ4n) is 5.88. The molecule has 236 valence electrons. The first kappa shape index (κ1) is 32.9. The highest BCUT2D eigenvalue weighted by Crippen LogP contribution is 2.26. The highest BCUT2D eigenvalue weighted by Gasteiger charge is 2.26. The van der Waals surface area contributed by atoms with Crippen LogP contribution in [0.5, 0.6) is 0 Å². The van der Waals surface area contributed by atoms with Gasteiger partial charge >= 0.3 is 5.69 Å². The van der Waals surface area contributed by atoms with E-state index in [1.165, 1.54) is 15.7 Å². The Balaban J connectivity index is 1.47. The van der Waals surface area contributed by atoms with Crippen molar-refractivity contribution in [2.75, 3.05) is 18.4 Å². The van der Waals surface area contributed by atoms with Crippen molar-refractivity contribution < 1.29 is 4.79 Å². The van der Waals surface area contributed by atoms with Crippen LogP contribution in [0, 0.1) is 0 Å². The minimum absolute atomic E-state index is 0.0196. The number of carbonyl (C=O) groups excluding carboxylic acids is 1. The van der Waals surface area contributed by atoms with Crippen molar-refractivity contribution >= 4 is 22.8 Å². The number of nitrogens with two attached hydrogens (primary N) is 1. The van der Waals surface area contributed by atoms with Crippen LogP contribution in [0.15, 0.2) is 64.2 Å². The van der Waals surface area contributed by atoms with Crippen molar-refractivity contribution in [3.63, 3.8) is 0 Å². The number of unbranched alkanes of at least 4 members (excludes halogenated alkanes) is 1. The average Bonchev–Trinajstić information content (AvgIpc) is 3.45. The van der Waals surface area contributed by atoms with E-state index < -0.39 is 5.69 Å². The van der Waals surface area contributed by atoms with E-state index in [9.17, 15) is 14.4 Å². The number of hydrogen-bond donors (Lipinski definition) is 4. The molecule has 2 atom stereocenters. The molecule has 0 bridgehead atoms. The third-order valence-electron chi connectivity index (χ3n) is 8.24. The van der Waals surface area contributed by atoms with Gasteiger partial charge in [0, 0.05) is 24.7 Å². The maximum absolute atomic E-state index is 13.0. The standard InChI is InChI=1S/C34H47N7O3/c1-4-22-41-33(43)30-32(39-34(41)44)38-31(37-30)24(3)40(5-2)28(23-26-12-7-6-8-13-26)15-11-14-25-17-19-27(20-18-25)36-29(42)16-9-10-21-35/h6-8,12-13,17-20,24,28H,4-5,9-11,14-16,21-23,35H2,1-3H3,(H,36,42)(H,37,38)(H,39,44). The molecule has 2 unspecified atom stereocenters. The van der Waals surface area contributed by atoms with Crippen LogP contribution in [-0.4, -0.2) is 49.5 Å². The van der Waals surface area contributed by atoms with Crippen LogP contribution in [-0.2, 0) is 24.2 Å². The number of aryl methyl sites for hydroxylation is 1. The number of nitrogens with zero attached hydrogens (tertiary/aromatic N) is 3. The predicted molar refractivity (Wildman–Crippen MR) is 177 cm³/mol. The van der Waals surface area contributed by atoms with Crippen molar-refractivity contribution in [2.24, 2.45) is 5.73 Å². The lowest BCUT2D eigenvalue weighted by Crippen LogP contribution is -2.39. The summed E-state index contributed by atoms with van der Waals surface area (Å²) in [5, 5.41) is 2.97. The number of nitrogens with one attached hydrogen (secondary N) is 3. The number of benzene rings is 2. The van der Waals surface area contributed by atoms with Crippen molar-refractivity contribution in [3.05, 3.63) is 92.4 Å². The summed E-state index contributed by atoms with van der Waals surface area (Å²) < 4.78 is 1.23. The number of likely N-dealkylation sites (N-methyl/N-ethyl adjacent to an activating group) is 1. The summed E-state index contributed by atoms with van der Waals surface area (Å²) in [5.74, 6) is 0.689. The number of imidazole rings is 1. The lowest BCUT2D eigenvalue weighted by Gasteiger charge is -2.35. The van der Waals surface area contributed by atoms with Crippen molar-refractivity contribution in [2.45, 2.75) is 90.8 Å². The second kappa shape index (κ2) is 16.2. The summed E-state index contributed by atoms with van der Waals surface area (Å²) in [6.45, 7) is 7.95. The number of rotatable bonds is 17. The molecule has 2 aromatic carbocycles. The van der Waals surface area contributed by atoms with Crippen LogP contribution in [0.4, 0.5) is 5.69 Å². The van der Waals surface area contributed by atoms with Crippen LogP contribution in [0.25, 0.3) is 11.2 Å². The summed E-state index contributed by atoms with van der Waals surface area (Å²) in [7, 11) is 0. The van der Waals surface area contributed by atoms with E-state index in [0.29, 0.717) is 42.9 Å². The second-order valence-corrected chi connectivity index (χ2v) is 11.5. The van der Waals surface area contributed by atoms with Crippen LogP contribution in [0.1, 0.15) is 82.3 Å². The Morgan fingerprint density at radius 2 is 1.75 bits per heavy atom. The smallest absolute Gasteiger partial charge is 0.330 e. The third kappa shape index (κ3) is 8.54. The van der Waals surface area contributed by atoms with Crippen molar-refractivity contribution in [1.82, 2.24) is 24.4 Å². The second-order valence-electron chi connectivity index (χ2n) is 11.5. The Hall–Kier alpha value is -4.02. The van der Waals surface area contributed by atoms with Crippen molar-refractivity contribution in [3.8, 4) is 0 Å². The zero-order valence-corrected chi connectivity index (χ0v) is 26.3. The fourth-order valence-corrected chi connectivity index (χ4v) is 5.88. The topological polar surface area (TPSA) is 142 Å². The van der Waals surface area contributed by atoms with E-state index in [0.717, 1.165) is 50.8 Å². The quantitative estimate of drug-likeness (QED) is 0.127. The molecule has 1 amide bonds. The maximum Gasteiger partial charge on any atom is 0.330 e. The molecule has 4 rings (SSSR count). The Morgan fingerprint density at radius 1 is 1.00 bits per heavy atom. The number of carbonyl (C=O) groups is 1. The third-order valence-corrected chi connectivity index (χ3v) is 8.24. The summed E-state index contributed by atoms with van der Waals surface area (Å²) in [4.78, 5) is 50.8. The molecule has 0 aliphatic carbocycles. The van der Waals surface area contributed by atoms with Gasteiger partial charge in [0.1, 0.15) is 11.3 Å². The van der Waals surface area contributed by atoms with E-state index in [1.54, 1.807) is 0 Å². The highest BCUT2D eigenvalue weighted by molar-refractivity contribution is 5.90. The predicted octanol–water partition coefficient (Wildman–Crippen LogP) is 4.91. The summed E-state index contributed by atoms with van der Waals surface area (Å²) >= 11 is 0. The van der Waals surface area contributed by atoms with Gasteiger partial charge < -0.3 is 16.0 Å². The lowest BCUT2D eigenvalue weighted by atomic mass is 9.96. The minimum atomic E-state index is -0.428. The van der Waals surface area contributed by atoms with E-state index in [2.05, 4.69) is 75.4 Å². The van der Waals surface area contributed by atoms with Gasteiger partial charge in [0.05, 0.1) is 6.04 Å². The van der Waals surface area contributed by atoms with Gasteiger partial charge in [-0.25, -0.2) is 9.78 Å². The molecule has 10 nitrogen and oxygen atoms in total. The zero-order chi connectivity index (χ0) is 31.5. The van der Waals surface area contributed by atoms with Gasteiger partial charge in [-0.3, -0.25) is 24.0 Å². The molecule has 0 spiro atoms. The normalized spacial score (nSPS) is 12.9. The largest absolute Gasteiger partial charge is 0.335 e. The van der Waals surface area contributed by atoms with Gasteiger partial charge in [-0.2, -0.15) is 0 Å². The molecular formula is C34H47N7O3.